The van der Waals surface area contributed by atoms with Gasteiger partial charge in [-0.05, 0) is 35.7 Å². The number of rotatable bonds is 3. The molecule has 142 valence electrons. The highest BCUT2D eigenvalue weighted by atomic mass is 16.2. The number of para-hydroxylation sites is 1. The lowest BCUT2D eigenvalue weighted by Crippen LogP contribution is -2.36. The van der Waals surface area contributed by atoms with Gasteiger partial charge in [-0.2, -0.15) is 5.26 Å². The fourth-order valence-electron chi connectivity index (χ4n) is 3.42. The minimum absolute atomic E-state index is 0.154. The van der Waals surface area contributed by atoms with Gasteiger partial charge in [0.1, 0.15) is 6.07 Å². The number of benzene rings is 2. The number of carbonyl (C=O) groups excluding carboxylic acids is 2. The van der Waals surface area contributed by atoms with Crippen LogP contribution in [0.1, 0.15) is 37.4 Å². The van der Waals surface area contributed by atoms with Crippen molar-refractivity contribution in [3.05, 3.63) is 94.8 Å². The van der Waals surface area contributed by atoms with Crippen molar-refractivity contribution < 1.29 is 9.59 Å². The normalized spacial score (nSPS) is 12.6. The van der Waals surface area contributed by atoms with E-state index in [1.54, 1.807) is 35.2 Å². The zero-order chi connectivity index (χ0) is 20.2. The summed E-state index contributed by atoms with van der Waals surface area (Å²) >= 11 is 0. The van der Waals surface area contributed by atoms with Gasteiger partial charge in [0.15, 0.2) is 0 Å². The number of hydrogen-bond donors (Lipinski definition) is 1. The third-order valence-electron chi connectivity index (χ3n) is 4.96. The lowest BCUT2D eigenvalue weighted by Gasteiger charge is -2.28. The number of fused-ring (bicyclic) bond motifs is 1. The van der Waals surface area contributed by atoms with Gasteiger partial charge in [-0.15, -0.1) is 0 Å². The van der Waals surface area contributed by atoms with E-state index >= 15 is 0 Å². The van der Waals surface area contributed by atoms with E-state index in [0.717, 1.165) is 12.0 Å². The smallest absolute Gasteiger partial charge is 0.257 e. The largest absolute Gasteiger partial charge is 0.334 e. The van der Waals surface area contributed by atoms with Crippen LogP contribution in [-0.2, 0) is 13.0 Å². The average Bonchev–Trinajstić information content (AvgIpc) is 2.78. The number of nitrogens with zero attached hydrogens (tertiary/aromatic N) is 3. The molecule has 1 aliphatic heterocycles. The van der Waals surface area contributed by atoms with E-state index in [0.29, 0.717) is 29.9 Å². The summed E-state index contributed by atoms with van der Waals surface area (Å²) in [5, 5.41) is 11.9. The molecule has 0 bridgehead atoms. The Kier molecular flexibility index (Phi) is 5.04. The molecule has 6 heteroatoms. The number of pyridine rings is 1. The first kappa shape index (κ1) is 18.4. The van der Waals surface area contributed by atoms with Crippen LogP contribution in [0.4, 0.5) is 5.69 Å². The van der Waals surface area contributed by atoms with Crippen molar-refractivity contribution in [2.45, 2.75) is 13.0 Å². The molecule has 0 unspecified atom stereocenters. The van der Waals surface area contributed by atoms with Crippen LogP contribution in [0.15, 0.2) is 67.0 Å². The quantitative estimate of drug-likeness (QED) is 0.752. The maximum atomic E-state index is 13.0. The number of nitrogens with one attached hydrogen (secondary N) is 1. The van der Waals surface area contributed by atoms with Gasteiger partial charge in [0, 0.05) is 25.5 Å². The number of anilines is 1. The number of nitriles is 1. The highest BCUT2D eigenvalue weighted by molar-refractivity contribution is 6.06. The van der Waals surface area contributed by atoms with Crippen LogP contribution >= 0.6 is 0 Å². The van der Waals surface area contributed by atoms with Crippen molar-refractivity contribution in [1.29, 1.82) is 5.26 Å². The van der Waals surface area contributed by atoms with Gasteiger partial charge in [0.25, 0.3) is 11.8 Å². The monoisotopic (exact) mass is 382 g/mol. The SMILES string of the molecule is N#Cc1ccccc1NC(=O)c1cncc(C(=O)N2CCc3ccccc3C2)c1. The first-order chi connectivity index (χ1) is 14.2. The van der Waals surface area contributed by atoms with Gasteiger partial charge in [0.2, 0.25) is 0 Å². The second-order valence-electron chi connectivity index (χ2n) is 6.82. The average molecular weight is 382 g/mol. The Morgan fingerprint density at radius 2 is 1.72 bits per heavy atom. The van der Waals surface area contributed by atoms with Gasteiger partial charge < -0.3 is 10.2 Å². The Hall–Kier alpha value is -3.98. The lowest BCUT2D eigenvalue weighted by molar-refractivity contribution is 0.0734. The maximum Gasteiger partial charge on any atom is 0.257 e. The van der Waals surface area contributed by atoms with Crippen LogP contribution in [0.25, 0.3) is 0 Å². The highest BCUT2D eigenvalue weighted by Crippen LogP contribution is 2.21. The fraction of sp³-hybridized carbons (Fsp3) is 0.130. The summed E-state index contributed by atoms with van der Waals surface area (Å²) in [5.41, 5.74) is 3.82. The Morgan fingerprint density at radius 3 is 2.55 bits per heavy atom. The van der Waals surface area contributed by atoms with E-state index in [4.69, 9.17) is 5.26 Å². The first-order valence-corrected chi connectivity index (χ1v) is 9.27. The lowest BCUT2D eigenvalue weighted by atomic mass is 9.99. The molecule has 0 spiro atoms. The maximum absolute atomic E-state index is 13.0. The molecule has 0 saturated heterocycles. The topological polar surface area (TPSA) is 86.1 Å². The molecule has 0 atom stereocenters. The van der Waals surface area contributed by atoms with Crippen LogP contribution in [-0.4, -0.2) is 28.2 Å². The van der Waals surface area contributed by atoms with Gasteiger partial charge in [-0.1, -0.05) is 36.4 Å². The van der Waals surface area contributed by atoms with E-state index in [9.17, 15) is 9.59 Å². The van der Waals surface area contributed by atoms with Crippen LogP contribution in [0.5, 0.6) is 0 Å². The van der Waals surface area contributed by atoms with Crippen molar-refractivity contribution >= 4 is 17.5 Å². The Bertz CT molecular complexity index is 1130. The minimum atomic E-state index is -0.418. The zero-order valence-electron chi connectivity index (χ0n) is 15.6. The summed E-state index contributed by atoms with van der Waals surface area (Å²) in [4.78, 5) is 31.4. The molecule has 3 aromatic rings. The number of hydrogen-bond acceptors (Lipinski definition) is 4. The molecule has 0 saturated carbocycles. The number of aromatic nitrogens is 1. The molecular weight excluding hydrogens is 364 g/mol. The number of amides is 2. The number of carbonyl (C=O) groups is 2. The Morgan fingerprint density at radius 1 is 1.00 bits per heavy atom. The highest BCUT2D eigenvalue weighted by Gasteiger charge is 2.22. The molecule has 2 heterocycles. The van der Waals surface area contributed by atoms with Crippen molar-refractivity contribution in [2.24, 2.45) is 0 Å². The second kappa shape index (κ2) is 7.95. The van der Waals surface area contributed by atoms with Crippen LogP contribution in [0, 0.1) is 11.3 Å². The van der Waals surface area contributed by atoms with Crippen LogP contribution < -0.4 is 5.32 Å². The molecule has 1 N–H and O–H groups in total. The molecule has 2 amide bonds. The molecule has 0 aliphatic carbocycles. The third-order valence-corrected chi connectivity index (χ3v) is 4.96. The molecular formula is C23H18N4O2. The summed E-state index contributed by atoms with van der Waals surface area (Å²) in [7, 11) is 0. The van der Waals surface area contributed by atoms with Crippen LogP contribution in [0.2, 0.25) is 0 Å². The fourth-order valence-corrected chi connectivity index (χ4v) is 3.42. The molecule has 29 heavy (non-hydrogen) atoms. The van der Waals surface area contributed by atoms with Crippen molar-refractivity contribution in [3.8, 4) is 6.07 Å². The second-order valence-corrected chi connectivity index (χ2v) is 6.82. The van der Waals surface area contributed by atoms with Crippen molar-refractivity contribution in [3.63, 3.8) is 0 Å². The van der Waals surface area contributed by atoms with E-state index in [2.05, 4.69) is 16.4 Å². The van der Waals surface area contributed by atoms with Crippen molar-refractivity contribution in [1.82, 2.24) is 9.88 Å². The summed E-state index contributed by atoms with van der Waals surface area (Å²) in [6, 6.07) is 18.4. The van der Waals surface area contributed by atoms with Crippen LogP contribution in [0.3, 0.4) is 0 Å². The molecule has 2 aromatic carbocycles. The minimum Gasteiger partial charge on any atom is -0.334 e. The Balaban J connectivity index is 1.52. The molecule has 0 fully saturated rings. The summed E-state index contributed by atoms with van der Waals surface area (Å²) in [6.07, 6.45) is 3.69. The van der Waals surface area contributed by atoms with Gasteiger partial charge in [-0.25, -0.2) is 0 Å². The third kappa shape index (κ3) is 3.85. The zero-order valence-corrected chi connectivity index (χ0v) is 15.6. The Labute approximate surface area is 168 Å². The van der Waals surface area contributed by atoms with Gasteiger partial charge in [0.05, 0.1) is 22.4 Å². The summed E-state index contributed by atoms with van der Waals surface area (Å²) in [6.45, 7) is 1.17. The summed E-state index contributed by atoms with van der Waals surface area (Å²) < 4.78 is 0. The molecule has 0 radical (unpaired) electrons. The van der Waals surface area contributed by atoms with E-state index < -0.39 is 5.91 Å². The van der Waals surface area contributed by atoms with Crippen molar-refractivity contribution in [2.75, 3.05) is 11.9 Å². The van der Waals surface area contributed by atoms with E-state index in [1.165, 1.54) is 18.0 Å². The molecule has 6 nitrogen and oxygen atoms in total. The first-order valence-electron chi connectivity index (χ1n) is 9.27. The van der Waals surface area contributed by atoms with E-state index in [-0.39, 0.29) is 11.5 Å². The molecule has 4 rings (SSSR count). The van der Waals surface area contributed by atoms with Gasteiger partial charge >= 0.3 is 0 Å². The predicted molar refractivity (Wildman–Crippen MR) is 108 cm³/mol. The standard InChI is InChI=1S/C23H18N4O2/c24-12-17-6-3-4-8-21(17)26-22(28)19-11-20(14-25-13-19)23(29)27-10-9-16-5-1-2-7-18(16)15-27/h1-8,11,13-14H,9-10,15H2,(H,26,28). The van der Waals surface area contributed by atoms with Gasteiger partial charge in [-0.3, -0.25) is 14.6 Å². The summed E-state index contributed by atoms with van der Waals surface area (Å²) in [5.74, 6) is -0.571. The predicted octanol–water partition coefficient (Wildman–Crippen LogP) is 3.40. The molecule has 1 aliphatic rings. The van der Waals surface area contributed by atoms with E-state index in [1.807, 2.05) is 24.3 Å². The molecule has 1 aromatic heterocycles.